The van der Waals surface area contributed by atoms with Crippen molar-refractivity contribution in [3.8, 4) is 0 Å². The van der Waals surface area contributed by atoms with Crippen molar-refractivity contribution in [2.24, 2.45) is 0 Å². The highest BCUT2D eigenvalue weighted by atomic mass is 19.1. The number of nitrogens with zero attached hydrogens (tertiary/aromatic N) is 1. The van der Waals surface area contributed by atoms with Gasteiger partial charge in [-0.25, -0.2) is 9.37 Å². The Hall–Kier alpha value is -1.51. The fourth-order valence-corrected chi connectivity index (χ4v) is 1.14. The van der Waals surface area contributed by atoms with Crippen molar-refractivity contribution in [2.75, 3.05) is 0 Å². The molecule has 0 saturated carbocycles. The number of halogens is 2. The van der Waals surface area contributed by atoms with Crippen LogP contribution in [0.2, 0.25) is 0 Å². The highest BCUT2D eigenvalue weighted by Crippen LogP contribution is 2.18. The average molecular weight is 165 g/mol. The number of rotatable bonds is 0. The van der Waals surface area contributed by atoms with Crippen LogP contribution in [0.4, 0.5) is 8.78 Å². The number of hydrogen-bond donors (Lipinski definition) is 0. The molecule has 0 bridgehead atoms. The summed E-state index contributed by atoms with van der Waals surface area (Å²) in [6.07, 6.45) is 1.32. The molecular formula is C9H5F2N. The van der Waals surface area contributed by atoms with Crippen LogP contribution in [0, 0.1) is 11.8 Å². The zero-order valence-corrected chi connectivity index (χ0v) is 6.09. The number of pyridine rings is 1. The summed E-state index contributed by atoms with van der Waals surface area (Å²) in [6.45, 7) is 0. The number of hydrogen-bond acceptors (Lipinski definition) is 1. The maximum absolute atomic E-state index is 13.0. The minimum Gasteiger partial charge on any atom is -0.228 e. The van der Waals surface area contributed by atoms with Gasteiger partial charge in [-0.05, 0) is 17.5 Å². The van der Waals surface area contributed by atoms with Gasteiger partial charge in [-0.15, -0.1) is 0 Å². The van der Waals surface area contributed by atoms with Gasteiger partial charge in [0, 0.05) is 6.20 Å². The zero-order valence-electron chi connectivity index (χ0n) is 6.09. The second-order valence-corrected chi connectivity index (χ2v) is 2.44. The molecule has 2 aromatic rings. The fourth-order valence-electron chi connectivity index (χ4n) is 1.14. The molecule has 1 aromatic heterocycles. The van der Waals surface area contributed by atoms with Crippen LogP contribution in [0.3, 0.4) is 0 Å². The van der Waals surface area contributed by atoms with E-state index in [1.165, 1.54) is 18.3 Å². The monoisotopic (exact) mass is 165 g/mol. The SMILES string of the molecule is Fc1cccc2ccnc(F)c12. The summed E-state index contributed by atoms with van der Waals surface area (Å²) in [5, 5.41) is 0.488. The van der Waals surface area contributed by atoms with Crippen LogP contribution >= 0.6 is 0 Å². The molecule has 12 heavy (non-hydrogen) atoms. The van der Waals surface area contributed by atoms with Gasteiger partial charge >= 0.3 is 0 Å². The van der Waals surface area contributed by atoms with Crippen LogP contribution in [0.25, 0.3) is 10.8 Å². The van der Waals surface area contributed by atoms with Gasteiger partial charge in [0.2, 0.25) is 5.95 Å². The Labute approximate surface area is 67.7 Å². The van der Waals surface area contributed by atoms with Gasteiger partial charge in [0.05, 0.1) is 5.39 Å². The van der Waals surface area contributed by atoms with Crippen molar-refractivity contribution in [3.05, 3.63) is 42.2 Å². The first-order valence-electron chi connectivity index (χ1n) is 3.48. The predicted molar refractivity (Wildman–Crippen MR) is 41.7 cm³/mol. The zero-order chi connectivity index (χ0) is 8.55. The van der Waals surface area contributed by atoms with Gasteiger partial charge in [0.1, 0.15) is 5.82 Å². The van der Waals surface area contributed by atoms with E-state index in [1.807, 2.05) is 0 Å². The van der Waals surface area contributed by atoms with Crippen LogP contribution in [0.1, 0.15) is 0 Å². The quantitative estimate of drug-likeness (QED) is 0.546. The summed E-state index contributed by atoms with van der Waals surface area (Å²) in [7, 11) is 0. The molecule has 0 saturated heterocycles. The largest absolute Gasteiger partial charge is 0.228 e. The van der Waals surface area contributed by atoms with Crippen LogP contribution in [0.15, 0.2) is 30.5 Å². The molecule has 0 aliphatic carbocycles. The molecule has 0 fully saturated rings. The Kier molecular flexibility index (Phi) is 1.50. The predicted octanol–water partition coefficient (Wildman–Crippen LogP) is 2.51. The number of aromatic nitrogens is 1. The minimum absolute atomic E-state index is 0.0417. The van der Waals surface area contributed by atoms with E-state index in [1.54, 1.807) is 12.1 Å². The molecule has 1 aromatic carbocycles. The van der Waals surface area contributed by atoms with E-state index < -0.39 is 11.8 Å². The molecule has 60 valence electrons. The van der Waals surface area contributed by atoms with Gasteiger partial charge in [-0.1, -0.05) is 12.1 Å². The topological polar surface area (TPSA) is 12.9 Å². The molecule has 3 heteroatoms. The fraction of sp³-hybridized carbons (Fsp3) is 0. The average Bonchev–Trinajstić information content (AvgIpc) is 2.04. The first kappa shape index (κ1) is 7.16. The van der Waals surface area contributed by atoms with Gasteiger partial charge in [0.25, 0.3) is 0 Å². The smallest absolute Gasteiger partial charge is 0.223 e. The molecule has 0 unspecified atom stereocenters. The number of benzene rings is 1. The van der Waals surface area contributed by atoms with Crippen molar-refractivity contribution in [2.45, 2.75) is 0 Å². The molecule has 1 heterocycles. The van der Waals surface area contributed by atoms with Crippen LogP contribution in [-0.2, 0) is 0 Å². The van der Waals surface area contributed by atoms with Crippen LogP contribution in [-0.4, -0.2) is 4.98 Å². The lowest BCUT2D eigenvalue weighted by molar-refractivity contribution is 0.579. The van der Waals surface area contributed by atoms with Gasteiger partial charge < -0.3 is 0 Å². The van der Waals surface area contributed by atoms with Gasteiger partial charge in [0.15, 0.2) is 0 Å². The van der Waals surface area contributed by atoms with Gasteiger partial charge in [-0.2, -0.15) is 4.39 Å². The number of fused-ring (bicyclic) bond motifs is 1. The van der Waals surface area contributed by atoms with E-state index in [4.69, 9.17) is 0 Å². The van der Waals surface area contributed by atoms with Gasteiger partial charge in [-0.3, -0.25) is 0 Å². The normalized spacial score (nSPS) is 10.5. The lowest BCUT2D eigenvalue weighted by Crippen LogP contribution is -1.87. The minimum atomic E-state index is -0.759. The molecular weight excluding hydrogens is 160 g/mol. The molecule has 2 rings (SSSR count). The maximum Gasteiger partial charge on any atom is 0.223 e. The summed E-state index contributed by atoms with van der Waals surface area (Å²) in [6, 6.07) is 5.97. The Balaban J connectivity index is 2.96. The molecule has 0 aliphatic heterocycles. The van der Waals surface area contributed by atoms with E-state index in [-0.39, 0.29) is 5.39 Å². The van der Waals surface area contributed by atoms with Crippen molar-refractivity contribution >= 4 is 10.8 Å². The van der Waals surface area contributed by atoms with Crippen molar-refractivity contribution in [1.29, 1.82) is 0 Å². The van der Waals surface area contributed by atoms with E-state index >= 15 is 0 Å². The third-order valence-corrected chi connectivity index (χ3v) is 1.69. The Morgan fingerprint density at radius 1 is 1.08 bits per heavy atom. The molecule has 0 amide bonds. The summed E-state index contributed by atoms with van der Waals surface area (Å²) >= 11 is 0. The lowest BCUT2D eigenvalue weighted by atomic mass is 10.2. The molecule has 0 spiro atoms. The summed E-state index contributed by atoms with van der Waals surface area (Å²) in [5.41, 5.74) is 0. The van der Waals surface area contributed by atoms with E-state index in [2.05, 4.69) is 4.98 Å². The Morgan fingerprint density at radius 2 is 1.92 bits per heavy atom. The lowest BCUT2D eigenvalue weighted by Gasteiger charge is -1.97. The summed E-state index contributed by atoms with van der Waals surface area (Å²) in [5.74, 6) is -1.33. The molecule has 1 nitrogen and oxygen atoms in total. The molecule has 0 N–H and O–H groups in total. The van der Waals surface area contributed by atoms with Crippen molar-refractivity contribution in [1.82, 2.24) is 4.98 Å². The molecule has 0 aliphatic rings. The highest BCUT2D eigenvalue weighted by Gasteiger charge is 2.05. The first-order chi connectivity index (χ1) is 5.79. The third-order valence-electron chi connectivity index (χ3n) is 1.69. The first-order valence-corrected chi connectivity index (χ1v) is 3.48. The Bertz CT molecular complexity index is 389. The Morgan fingerprint density at radius 3 is 2.67 bits per heavy atom. The molecule has 0 radical (unpaired) electrons. The second-order valence-electron chi connectivity index (χ2n) is 2.44. The molecule has 0 atom stereocenters. The highest BCUT2D eigenvalue weighted by molar-refractivity contribution is 5.82. The second kappa shape index (κ2) is 2.52. The van der Waals surface area contributed by atoms with Crippen molar-refractivity contribution in [3.63, 3.8) is 0 Å². The van der Waals surface area contributed by atoms with E-state index in [9.17, 15) is 8.78 Å². The van der Waals surface area contributed by atoms with Crippen LogP contribution in [0.5, 0.6) is 0 Å². The summed E-state index contributed by atoms with van der Waals surface area (Å²) in [4.78, 5) is 3.36. The maximum atomic E-state index is 13.0. The standard InChI is InChI=1S/C9H5F2N/c10-7-3-1-2-6-4-5-12-9(11)8(6)7/h1-5H. The van der Waals surface area contributed by atoms with E-state index in [0.717, 1.165) is 0 Å². The summed E-state index contributed by atoms with van der Waals surface area (Å²) < 4.78 is 25.9. The third kappa shape index (κ3) is 0.942. The van der Waals surface area contributed by atoms with Crippen molar-refractivity contribution < 1.29 is 8.78 Å². The van der Waals surface area contributed by atoms with Crippen LogP contribution < -0.4 is 0 Å². The van der Waals surface area contributed by atoms with E-state index in [0.29, 0.717) is 5.39 Å².